The summed E-state index contributed by atoms with van der Waals surface area (Å²) in [6.45, 7) is 0.617. The van der Waals surface area contributed by atoms with E-state index < -0.39 is 0 Å². The number of hydrogen-bond donors (Lipinski definition) is 1. The molecule has 0 bridgehead atoms. The van der Waals surface area contributed by atoms with Gasteiger partial charge in [-0.15, -0.1) is 0 Å². The van der Waals surface area contributed by atoms with Crippen molar-refractivity contribution in [3.63, 3.8) is 0 Å². The van der Waals surface area contributed by atoms with Crippen LogP contribution in [0.1, 0.15) is 11.1 Å². The average Bonchev–Trinajstić information content (AvgIpc) is 2.14. The van der Waals surface area contributed by atoms with E-state index in [1.807, 2.05) is 6.07 Å². The fraction of sp³-hybridized carbons (Fsp3) is 0.273. The van der Waals surface area contributed by atoms with Gasteiger partial charge in [0.05, 0.1) is 7.11 Å². The van der Waals surface area contributed by atoms with Gasteiger partial charge >= 0.3 is 0 Å². The highest BCUT2D eigenvalue weighted by atomic mass is 16.5. The lowest BCUT2D eigenvalue weighted by atomic mass is 9.82. The van der Waals surface area contributed by atoms with Crippen molar-refractivity contribution < 1.29 is 4.74 Å². The summed E-state index contributed by atoms with van der Waals surface area (Å²) in [5.41, 5.74) is 9.49. The largest absolute Gasteiger partial charge is 0.497 e. The van der Waals surface area contributed by atoms with E-state index in [0.717, 1.165) is 12.2 Å². The molecule has 2 N–H and O–H groups in total. The molecule has 0 aromatic heterocycles. The maximum Gasteiger partial charge on any atom is 0.119 e. The molecule has 13 heavy (non-hydrogen) atoms. The molecule has 0 radical (unpaired) electrons. The Hall–Kier alpha value is -1.28. The van der Waals surface area contributed by atoms with Crippen LogP contribution in [0.2, 0.25) is 0 Å². The molecule has 1 aliphatic carbocycles. The van der Waals surface area contributed by atoms with Crippen molar-refractivity contribution in [1.82, 2.24) is 0 Å². The summed E-state index contributed by atoms with van der Waals surface area (Å²) < 4.78 is 5.15. The fourth-order valence-electron chi connectivity index (χ4n) is 1.65. The third-order valence-corrected chi connectivity index (χ3v) is 2.41. The molecule has 0 amide bonds. The van der Waals surface area contributed by atoms with Crippen molar-refractivity contribution in [3.05, 3.63) is 35.4 Å². The van der Waals surface area contributed by atoms with Gasteiger partial charge in [-0.2, -0.15) is 0 Å². The monoisotopic (exact) mass is 175 g/mol. The highest BCUT2D eigenvalue weighted by Gasteiger charge is 2.18. The molecule has 0 saturated heterocycles. The lowest BCUT2D eigenvalue weighted by Crippen LogP contribution is -2.09. The van der Waals surface area contributed by atoms with Crippen LogP contribution in [0.15, 0.2) is 24.3 Å². The SMILES string of the molecule is COc1ccc2c(c1)C(=CCN)C2. The molecule has 1 aromatic carbocycles. The molecule has 0 atom stereocenters. The van der Waals surface area contributed by atoms with Gasteiger partial charge in [0.15, 0.2) is 0 Å². The van der Waals surface area contributed by atoms with Crippen LogP contribution in [-0.4, -0.2) is 13.7 Å². The number of allylic oxidation sites excluding steroid dienone is 1. The van der Waals surface area contributed by atoms with Crippen LogP contribution in [-0.2, 0) is 6.42 Å². The van der Waals surface area contributed by atoms with E-state index in [1.54, 1.807) is 7.11 Å². The van der Waals surface area contributed by atoms with Crippen LogP contribution in [0.4, 0.5) is 0 Å². The Morgan fingerprint density at radius 3 is 3.08 bits per heavy atom. The molecular weight excluding hydrogens is 162 g/mol. The highest BCUT2D eigenvalue weighted by Crippen LogP contribution is 2.36. The lowest BCUT2D eigenvalue weighted by Gasteiger charge is -2.23. The molecule has 0 fully saturated rings. The number of ether oxygens (including phenoxy) is 1. The van der Waals surface area contributed by atoms with Crippen LogP contribution < -0.4 is 10.5 Å². The Labute approximate surface area is 78.0 Å². The topological polar surface area (TPSA) is 35.2 Å². The van der Waals surface area contributed by atoms with Crippen molar-refractivity contribution in [3.8, 4) is 5.75 Å². The fourth-order valence-corrected chi connectivity index (χ4v) is 1.65. The minimum atomic E-state index is 0.617. The number of nitrogens with two attached hydrogens (primary N) is 1. The van der Waals surface area contributed by atoms with Gasteiger partial charge in [0, 0.05) is 6.54 Å². The number of fused-ring (bicyclic) bond motifs is 1. The molecule has 1 aromatic rings. The Bertz CT molecular complexity index is 355. The Kier molecular flexibility index (Phi) is 2.07. The van der Waals surface area contributed by atoms with Crippen LogP contribution >= 0.6 is 0 Å². The van der Waals surface area contributed by atoms with Gasteiger partial charge in [-0.25, -0.2) is 0 Å². The van der Waals surface area contributed by atoms with Gasteiger partial charge in [0.25, 0.3) is 0 Å². The lowest BCUT2D eigenvalue weighted by molar-refractivity contribution is 0.414. The van der Waals surface area contributed by atoms with Crippen molar-refractivity contribution in [2.45, 2.75) is 6.42 Å². The number of benzene rings is 1. The first-order valence-corrected chi connectivity index (χ1v) is 4.41. The quantitative estimate of drug-likeness (QED) is 0.740. The minimum Gasteiger partial charge on any atom is -0.497 e. The number of hydrogen-bond acceptors (Lipinski definition) is 2. The second-order valence-corrected chi connectivity index (χ2v) is 3.16. The molecule has 1 aliphatic rings. The maximum atomic E-state index is 5.46. The van der Waals surface area contributed by atoms with E-state index >= 15 is 0 Å². The minimum absolute atomic E-state index is 0.617. The molecule has 0 saturated carbocycles. The van der Waals surface area contributed by atoms with E-state index in [4.69, 9.17) is 10.5 Å². The molecule has 2 nitrogen and oxygen atoms in total. The van der Waals surface area contributed by atoms with Crippen molar-refractivity contribution >= 4 is 5.57 Å². The van der Waals surface area contributed by atoms with E-state index in [2.05, 4.69) is 18.2 Å². The van der Waals surface area contributed by atoms with Gasteiger partial charge in [0.1, 0.15) is 5.75 Å². The molecule has 0 unspecified atom stereocenters. The summed E-state index contributed by atoms with van der Waals surface area (Å²) >= 11 is 0. The summed E-state index contributed by atoms with van der Waals surface area (Å²) in [5.74, 6) is 0.918. The Morgan fingerprint density at radius 2 is 2.38 bits per heavy atom. The third kappa shape index (κ3) is 1.33. The van der Waals surface area contributed by atoms with E-state index in [9.17, 15) is 0 Å². The van der Waals surface area contributed by atoms with E-state index in [0.29, 0.717) is 6.54 Å². The smallest absolute Gasteiger partial charge is 0.119 e. The first kappa shape index (κ1) is 8.32. The molecule has 68 valence electrons. The highest BCUT2D eigenvalue weighted by molar-refractivity contribution is 5.80. The zero-order chi connectivity index (χ0) is 9.26. The molecule has 0 heterocycles. The van der Waals surface area contributed by atoms with Crippen molar-refractivity contribution in [2.24, 2.45) is 5.73 Å². The summed E-state index contributed by atoms with van der Waals surface area (Å²) in [6.07, 6.45) is 3.12. The molecule has 0 aliphatic heterocycles. The predicted octanol–water partition coefficient (Wildman–Crippen LogP) is 1.59. The normalized spacial score (nSPS) is 16.6. The summed E-state index contributed by atoms with van der Waals surface area (Å²) in [4.78, 5) is 0. The zero-order valence-electron chi connectivity index (χ0n) is 7.71. The first-order valence-electron chi connectivity index (χ1n) is 4.41. The second kappa shape index (κ2) is 3.23. The summed E-state index contributed by atoms with van der Waals surface area (Å²) in [5, 5.41) is 0. The second-order valence-electron chi connectivity index (χ2n) is 3.16. The zero-order valence-corrected chi connectivity index (χ0v) is 7.71. The Balaban J connectivity index is 2.34. The summed E-state index contributed by atoms with van der Waals surface area (Å²) in [7, 11) is 1.69. The average molecular weight is 175 g/mol. The predicted molar refractivity (Wildman–Crippen MR) is 53.7 cm³/mol. The standard InChI is InChI=1S/C11H13NO/c1-13-10-3-2-8-6-9(4-5-12)11(8)7-10/h2-4,7H,5-6,12H2,1H3. The molecule has 2 rings (SSSR count). The van der Waals surface area contributed by atoms with Crippen LogP contribution in [0.25, 0.3) is 5.57 Å². The van der Waals surface area contributed by atoms with Crippen molar-refractivity contribution in [1.29, 1.82) is 0 Å². The van der Waals surface area contributed by atoms with Gasteiger partial charge in [-0.3, -0.25) is 0 Å². The van der Waals surface area contributed by atoms with Gasteiger partial charge < -0.3 is 10.5 Å². The van der Waals surface area contributed by atoms with E-state index in [-0.39, 0.29) is 0 Å². The van der Waals surface area contributed by atoms with E-state index in [1.165, 1.54) is 16.7 Å². The van der Waals surface area contributed by atoms with Crippen LogP contribution in [0.5, 0.6) is 5.75 Å². The van der Waals surface area contributed by atoms with Crippen molar-refractivity contribution in [2.75, 3.05) is 13.7 Å². The molecule has 2 heteroatoms. The Morgan fingerprint density at radius 1 is 1.54 bits per heavy atom. The van der Waals surface area contributed by atoms with Crippen LogP contribution in [0, 0.1) is 0 Å². The van der Waals surface area contributed by atoms with Gasteiger partial charge in [-0.1, -0.05) is 12.1 Å². The molecular formula is C11H13NO. The number of rotatable bonds is 2. The maximum absolute atomic E-state index is 5.46. The first-order chi connectivity index (χ1) is 6.35. The summed E-state index contributed by atoms with van der Waals surface area (Å²) in [6, 6.07) is 6.18. The van der Waals surface area contributed by atoms with Gasteiger partial charge in [0.2, 0.25) is 0 Å². The van der Waals surface area contributed by atoms with Gasteiger partial charge in [-0.05, 0) is 35.3 Å². The molecule has 0 spiro atoms. The third-order valence-electron chi connectivity index (χ3n) is 2.41. The number of methoxy groups -OCH3 is 1. The van der Waals surface area contributed by atoms with Crippen LogP contribution in [0.3, 0.4) is 0 Å².